The van der Waals surface area contributed by atoms with Gasteiger partial charge in [-0.15, -0.1) is 11.3 Å². The zero-order chi connectivity index (χ0) is 18.6. The molecule has 0 aliphatic rings. The molecule has 3 aromatic rings. The van der Waals surface area contributed by atoms with E-state index in [1.54, 1.807) is 42.5 Å². The fraction of sp³-hybridized carbons (Fsp3) is 0.111. The molecule has 0 bridgehead atoms. The van der Waals surface area contributed by atoms with Crippen LogP contribution in [0.25, 0.3) is 0 Å². The molecule has 134 valence electrons. The third-order valence-corrected chi connectivity index (χ3v) is 5.68. The van der Waals surface area contributed by atoms with E-state index in [4.69, 9.17) is 0 Å². The number of carbonyl (C=O) groups is 1. The summed E-state index contributed by atoms with van der Waals surface area (Å²) in [6, 6.07) is 14.7. The minimum Gasteiger partial charge on any atom is -0.326 e. The third-order valence-electron chi connectivity index (χ3n) is 3.46. The van der Waals surface area contributed by atoms with Gasteiger partial charge in [0.25, 0.3) is 10.0 Å². The third kappa shape index (κ3) is 4.68. The Bertz CT molecular complexity index is 1010. The summed E-state index contributed by atoms with van der Waals surface area (Å²) in [5.41, 5.74) is 1.59. The summed E-state index contributed by atoms with van der Waals surface area (Å²) >= 11 is 1.49. The molecule has 2 aromatic carbocycles. The Hall–Kier alpha value is -2.71. The van der Waals surface area contributed by atoms with Crippen LogP contribution in [-0.4, -0.2) is 19.3 Å². The highest BCUT2D eigenvalue weighted by Crippen LogP contribution is 2.20. The second kappa shape index (κ2) is 7.67. The number of nitrogens with one attached hydrogen (secondary N) is 2. The molecule has 1 aromatic heterocycles. The van der Waals surface area contributed by atoms with Gasteiger partial charge < -0.3 is 5.32 Å². The van der Waals surface area contributed by atoms with Crippen LogP contribution in [-0.2, 0) is 21.2 Å². The Morgan fingerprint density at radius 1 is 1.08 bits per heavy atom. The summed E-state index contributed by atoms with van der Waals surface area (Å²) < 4.78 is 27.3. The maximum Gasteiger partial charge on any atom is 0.261 e. The average molecular weight is 387 g/mol. The van der Waals surface area contributed by atoms with Crippen molar-refractivity contribution >= 4 is 38.6 Å². The van der Waals surface area contributed by atoms with Crippen molar-refractivity contribution in [3.8, 4) is 0 Å². The Kier molecular flexibility index (Phi) is 5.34. The highest BCUT2D eigenvalue weighted by molar-refractivity contribution is 7.92. The molecule has 0 atom stereocenters. The molecule has 0 spiro atoms. The second-order valence-electron chi connectivity index (χ2n) is 5.58. The maximum atomic E-state index is 12.4. The van der Waals surface area contributed by atoms with Gasteiger partial charge in [0.05, 0.1) is 27.7 Å². The molecule has 3 rings (SSSR count). The van der Waals surface area contributed by atoms with E-state index < -0.39 is 10.0 Å². The fourth-order valence-electron chi connectivity index (χ4n) is 2.33. The monoisotopic (exact) mass is 387 g/mol. The number of amides is 1. The standard InChI is InChI=1S/C18H17N3O3S2/c1-13-19-16(12-25-13)11-18(22)20-14-6-5-7-15(10-14)21-26(23,24)17-8-3-2-4-9-17/h2-10,12,21H,11H2,1H3,(H,20,22). The van der Waals surface area contributed by atoms with Crippen LogP contribution >= 0.6 is 11.3 Å². The first-order valence-electron chi connectivity index (χ1n) is 7.81. The molecular weight excluding hydrogens is 370 g/mol. The van der Waals surface area contributed by atoms with E-state index in [1.165, 1.54) is 23.5 Å². The number of aryl methyl sites for hydroxylation is 1. The number of hydrogen-bond donors (Lipinski definition) is 2. The van der Waals surface area contributed by atoms with Gasteiger partial charge in [0, 0.05) is 11.1 Å². The Morgan fingerprint density at radius 3 is 2.50 bits per heavy atom. The molecule has 1 amide bonds. The van der Waals surface area contributed by atoms with Crippen molar-refractivity contribution in [3.63, 3.8) is 0 Å². The van der Waals surface area contributed by atoms with Crippen LogP contribution in [0.3, 0.4) is 0 Å². The van der Waals surface area contributed by atoms with Crippen molar-refractivity contribution < 1.29 is 13.2 Å². The number of carbonyl (C=O) groups excluding carboxylic acids is 1. The average Bonchev–Trinajstić information content (AvgIpc) is 3.00. The number of anilines is 2. The van der Waals surface area contributed by atoms with Gasteiger partial charge in [-0.3, -0.25) is 9.52 Å². The summed E-state index contributed by atoms with van der Waals surface area (Å²) in [6.07, 6.45) is 0.171. The summed E-state index contributed by atoms with van der Waals surface area (Å²) in [7, 11) is -3.68. The van der Waals surface area contributed by atoms with Crippen LogP contribution in [0.15, 0.2) is 64.9 Å². The lowest BCUT2D eigenvalue weighted by atomic mass is 10.2. The van der Waals surface area contributed by atoms with Crippen molar-refractivity contribution in [2.45, 2.75) is 18.2 Å². The molecular formula is C18H17N3O3S2. The van der Waals surface area contributed by atoms with E-state index in [9.17, 15) is 13.2 Å². The molecule has 0 saturated heterocycles. The van der Waals surface area contributed by atoms with E-state index >= 15 is 0 Å². The Morgan fingerprint density at radius 2 is 1.81 bits per heavy atom. The lowest BCUT2D eigenvalue weighted by Gasteiger charge is -2.10. The number of thiazole rings is 1. The van der Waals surface area contributed by atoms with Gasteiger partial charge in [-0.25, -0.2) is 13.4 Å². The number of sulfonamides is 1. The van der Waals surface area contributed by atoms with E-state index in [0.29, 0.717) is 17.1 Å². The smallest absolute Gasteiger partial charge is 0.261 e. The van der Waals surface area contributed by atoms with Crippen LogP contribution in [0.4, 0.5) is 11.4 Å². The molecule has 0 saturated carbocycles. The number of hydrogen-bond acceptors (Lipinski definition) is 5. The summed E-state index contributed by atoms with van der Waals surface area (Å²) in [4.78, 5) is 16.6. The molecule has 26 heavy (non-hydrogen) atoms. The van der Waals surface area contributed by atoms with Crippen LogP contribution in [0, 0.1) is 6.92 Å². The minimum atomic E-state index is -3.68. The second-order valence-corrected chi connectivity index (χ2v) is 8.33. The van der Waals surface area contributed by atoms with Crippen LogP contribution in [0.5, 0.6) is 0 Å². The van der Waals surface area contributed by atoms with Crippen molar-refractivity contribution in [2.75, 3.05) is 10.0 Å². The zero-order valence-corrected chi connectivity index (χ0v) is 15.6. The molecule has 8 heteroatoms. The van der Waals surface area contributed by atoms with Gasteiger partial charge >= 0.3 is 0 Å². The number of aromatic nitrogens is 1. The molecule has 0 aliphatic heterocycles. The molecule has 0 radical (unpaired) electrons. The van der Waals surface area contributed by atoms with Crippen molar-refractivity contribution in [2.24, 2.45) is 0 Å². The van der Waals surface area contributed by atoms with Crippen molar-refractivity contribution in [3.05, 3.63) is 70.7 Å². The van der Waals surface area contributed by atoms with Gasteiger partial charge in [0.2, 0.25) is 5.91 Å². The Balaban J connectivity index is 1.69. The zero-order valence-electron chi connectivity index (χ0n) is 14.0. The van der Waals surface area contributed by atoms with Gasteiger partial charge in [-0.2, -0.15) is 0 Å². The van der Waals surface area contributed by atoms with E-state index in [0.717, 1.165) is 5.01 Å². The molecule has 0 unspecified atom stereocenters. The quantitative estimate of drug-likeness (QED) is 0.678. The van der Waals surface area contributed by atoms with Crippen molar-refractivity contribution in [1.82, 2.24) is 4.98 Å². The van der Waals surface area contributed by atoms with Gasteiger partial charge in [-0.05, 0) is 37.3 Å². The number of benzene rings is 2. The predicted octanol–water partition coefficient (Wildman–Crippen LogP) is 3.43. The molecule has 6 nitrogen and oxygen atoms in total. The molecule has 0 aliphatic carbocycles. The highest BCUT2D eigenvalue weighted by Gasteiger charge is 2.14. The number of rotatable bonds is 6. The van der Waals surface area contributed by atoms with Crippen LogP contribution in [0.1, 0.15) is 10.7 Å². The van der Waals surface area contributed by atoms with Gasteiger partial charge in [0.1, 0.15) is 0 Å². The van der Waals surface area contributed by atoms with E-state index in [1.807, 2.05) is 12.3 Å². The van der Waals surface area contributed by atoms with Crippen LogP contribution < -0.4 is 10.0 Å². The summed E-state index contributed by atoms with van der Waals surface area (Å²) in [5.74, 6) is -0.210. The predicted molar refractivity (Wildman–Crippen MR) is 103 cm³/mol. The molecule has 0 fully saturated rings. The van der Waals surface area contributed by atoms with E-state index in [-0.39, 0.29) is 17.2 Å². The molecule has 1 heterocycles. The van der Waals surface area contributed by atoms with E-state index in [2.05, 4.69) is 15.0 Å². The maximum absolute atomic E-state index is 12.4. The van der Waals surface area contributed by atoms with Crippen LogP contribution in [0.2, 0.25) is 0 Å². The first-order chi connectivity index (χ1) is 12.4. The van der Waals surface area contributed by atoms with Gasteiger partial charge in [0.15, 0.2) is 0 Å². The molecule has 2 N–H and O–H groups in total. The SMILES string of the molecule is Cc1nc(CC(=O)Nc2cccc(NS(=O)(=O)c3ccccc3)c2)cs1. The lowest BCUT2D eigenvalue weighted by Crippen LogP contribution is -2.15. The lowest BCUT2D eigenvalue weighted by molar-refractivity contribution is -0.115. The summed E-state index contributed by atoms with van der Waals surface area (Å²) in [6.45, 7) is 1.88. The normalized spacial score (nSPS) is 11.1. The van der Waals surface area contributed by atoms with Gasteiger partial charge in [-0.1, -0.05) is 24.3 Å². The fourth-order valence-corrected chi connectivity index (χ4v) is 4.02. The minimum absolute atomic E-state index is 0.171. The topological polar surface area (TPSA) is 88.2 Å². The number of nitrogens with zero attached hydrogens (tertiary/aromatic N) is 1. The largest absolute Gasteiger partial charge is 0.326 e. The van der Waals surface area contributed by atoms with Crippen molar-refractivity contribution in [1.29, 1.82) is 0 Å². The highest BCUT2D eigenvalue weighted by atomic mass is 32.2. The first-order valence-corrected chi connectivity index (χ1v) is 10.2. The summed E-state index contributed by atoms with van der Waals surface area (Å²) in [5, 5.41) is 5.51. The first kappa shape index (κ1) is 18.1. The Labute approximate surface area is 156 Å².